The molecule has 0 amide bonds. The molecule has 4 heteroatoms. The number of likely N-dealkylation sites (tertiary alicyclic amines) is 1. The van der Waals surface area contributed by atoms with Gasteiger partial charge in [-0.25, -0.2) is 0 Å². The molecule has 2 aromatic carbocycles. The van der Waals surface area contributed by atoms with Gasteiger partial charge in [0.25, 0.3) is 0 Å². The molecule has 0 spiro atoms. The molecular weight excluding hydrogens is 362 g/mol. The maximum Gasteiger partial charge on any atom is 0.119 e. The lowest BCUT2D eigenvalue weighted by Gasteiger charge is -2.52. The Hall–Kier alpha value is -2.04. The van der Waals surface area contributed by atoms with Crippen molar-refractivity contribution in [2.45, 2.75) is 45.1 Å². The molecule has 2 aromatic rings. The Balaban J connectivity index is 1.33. The monoisotopic (exact) mass is 395 g/mol. The van der Waals surface area contributed by atoms with Crippen molar-refractivity contribution < 1.29 is 14.6 Å². The maximum atomic E-state index is 10.5. The normalized spacial score (nSPS) is 25.4. The highest BCUT2D eigenvalue weighted by atomic mass is 16.5. The van der Waals surface area contributed by atoms with Crippen LogP contribution < -0.4 is 4.74 Å². The van der Waals surface area contributed by atoms with Gasteiger partial charge in [0, 0.05) is 12.6 Å². The van der Waals surface area contributed by atoms with Crippen LogP contribution in [0.4, 0.5) is 0 Å². The fourth-order valence-corrected chi connectivity index (χ4v) is 5.35. The predicted molar refractivity (Wildman–Crippen MR) is 116 cm³/mol. The van der Waals surface area contributed by atoms with Gasteiger partial charge in [-0.3, -0.25) is 4.90 Å². The number of nitrogens with zero attached hydrogens (tertiary/aromatic N) is 1. The summed E-state index contributed by atoms with van der Waals surface area (Å²) in [4.78, 5) is 2.56. The number of rotatable bonds is 7. The lowest BCUT2D eigenvalue weighted by atomic mass is 9.54. The van der Waals surface area contributed by atoms with E-state index in [0.717, 1.165) is 30.8 Å². The van der Waals surface area contributed by atoms with E-state index < -0.39 is 0 Å². The first-order valence-electron chi connectivity index (χ1n) is 10.7. The van der Waals surface area contributed by atoms with Crippen LogP contribution in [0.2, 0.25) is 0 Å². The van der Waals surface area contributed by atoms with E-state index >= 15 is 0 Å². The number of hydrogen-bond acceptors (Lipinski definition) is 4. The van der Waals surface area contributed by atoms with Crippen LogP contribution in [-0.4, -0.2) is 49.0 Å². The average molecular weight is 396 g/mol. The second-order valence-electron chi connectivity index (χ2n) is 9.13. The minimum absolute atomic E-state index is 0.0309. The topological polar surface area (TPSA) is 41.9 Å². The molecule has 0 aromatic heterocycles. The molecule has 4 nitrogen and oxygen atoms in total. The molecule has 1 N–H and O–H groups in total. The van der Waals surface area contributed by atoms with E-state index in [2.05, 4.69) is 31.7 Å². The van der Waals surface area contributed by atoms with E-state index in [1.54, 1.807) is 0 Å². The lowest BCUT2D eigenvalue weighted by molar-refractivity contribution is 0.0463. The Bertz CT molecular complexity index is 835. The minimum atomic E-state index is 0.0309. The Morgan fingerprint density at radius 2 is 1.79 bits per heavy atom. The summed E-state index contributed by atoms with van der Waals surface area (Å²) in [5.41, 5.74) is 2.67. The van der Waals surface area contributed by atoms with Crippen LogP contribution >= 0.6 is 0 Å². The minimum Gasteiger partial charge on any atom is -0.508 e. The Morgan fingerprint density at radius 3 is 2.59 bits per heavy atom. The molecule has 0 unspecified atom stereocenters. The van der Waals surface area contributed by atoms with Crippen LogP contribution in [0.15, 0.2) is 48.5 Å². The zero-order valence-electron chi connectivity index (χ0n) is 17.9. The van der Waals surface area contributed by atoms with Crippen LogP contribution in [0.1, 0.15) is 38.3 Å². The smallest absolute Gasteiger partial charge is 0.119 e. The quantitative estimate of drug-likeness (QED) is 0.706. The summed E-state index contributed by atoms with van der Waals surface area (Å²) in [7, 11) is 0. The molecule has 4 rings (SSSR count). The van der Waals surface area contributed by atoms with Gasteiger partial charge >= 0.3 is 0 Å². The van der Waals surface area contributed by atoms with Gasteiger partial charge in [-0.15, -0.1) is 0 Å². The molecule has 2 aliphatic rings. The number of fused-ring (bicyclic) bond motifs is 2. The fraction of sp³-hybridized carbons (Fsp3) is 0.520. The maximum absolute atomic E-state index is 10.5. The van der Waals surface area contributed by atoms with Crippen molar-refractivity contribution in [1.82, 2.24) is 4.90 Å². The number of ether oxygens (including phenoxy) is 2. The van der Waals surface area contributed by atoms with Gasteiger partial charge in [0.05, 0.1) is 13.2 Å². The molecule has 1 heterocycles. The zero-order chi connectivity index (χ0) is 20.5. The number of para-hydroxylation sites is 1. The van der Waals surface area contributed by atoms with Gasteiger partial charge in [-0.2, -0.15) is 0 Å². The van der Waals surface area contributed by atoms with E-state index in [9.17, 15) is 5.11 Å². The lowest BCUT2D eigenvalue weighted by Crippen LogP contribution is -2.53. The molecule has 1 fully saturated rings. The number of hydrogen-bond donors (Lipinski definition) is 1. The van der Waals surface area contributed by atoms with Gasteiger partial charge < -0.3 is 14.6 Å². The van der Waals surface area contributed by atoms with Crippen molar-refractivity contribution in [1.29, 1.82) is 0 Å². The molecular formula is C25H33NO3. The van der Waals surface area contributed by atoms with Gasteiger partial charge in [-0.1, -0.05) is 51.1 Å². The van der Waals surface area contributed by atoms with Crippen molar-refractivity contribution in [2.75, 3.05) is 32.9 Å². The molecule has 0 radical (unpaired) electrons. The van der Waals surface area contributed by atoms with Gasteiger partial charge in [0.1, 0.15) is 18.1 Å². The molecule has 29 heavy (non-hydrogen) atoms. The summed E-state index contributed by atoms with van der Waals surface area (Å²) in [5.74, 6) is 1.33. The average Bonchev–Trinajstić information content (AvgIpc) is 3.04. The molecule has 0 saturated carbocycles. The van der Waals surface area contributed by atoms with Gasteiger partial charge in [-0.05, 0) is 59.5 Å². The number of phenols is 1. The SMILES string of the molecule is CC1(C)c2cccc(O)c2C[C@@H]2N(CCOCCOc3ccccc3)CC[C@]21C. The fourth-order valence-electron chi connectivity index (χ4n) is 5.35. The van der Waals surface area contributed by atoms with Crippen molar-refractivity contribution in [3.05, 3.63) is 59.7 Å². The summed E-state index contributed by atoms with van der Waals surface area (Å²) in [6.07, 6.45) is 2.09. The van der Waals surface area contributed by atoms with Crippen molar-refractivity contribution >= 4 is 0 Å². The molecule has 1 saturated heterocycles. The number of aromatic hydroxyl groups is 1. The van der Waals surface area contributed by atoms with Crippen LogP contribution in [0.3, 0.4) is 0 Å². The van der Waals surface area contributed by atoms with Crippen LogP contribution in [-0.2, 0) is 16.6 Å². The summed E-state index contributed by atoms with van der Waals surface area (Å²) in [6, 6.07) is 16.3. The van der Waals surface area contributed by atoms with Crippen LogP contribution in [0, 0.1) is 5.41 Å². The van der Waals surface area contributed by atoms with Crippen LogP contribution in [0.25, 0.3) is 0 Å². The first-order chi connectivity index (χ1) is 13.9. The number of benzene rings is 2. The van der Waals surface area contributed by atoms with E-state index in [4.69, 9.17) is 9.47 Å². The second-order valence-corrected chi connectivity index (χ2v) is 9.13. The molecule has 156 valence electrons. The van der Waals surface area contributed by atoms with Crippen molar-refractivity contribution in [3.63, 3.8) is 0 Å². The Morgan fingerprint density at radius 1 is 1.00 bits per heavy atom. The first kappa shape index (κ1) is 20.2. The third kappa shape index (κ3) is 3.64. The molecule has 2 atom stereocenters. The highest BCUT2D eigenvalue weighted by molar-refractivity contribution is 5.48. The van der Waals surface area contributed by atoms with E-state index in [1.807, 2.05) is 42.5 Å². The highest BCUT2D eigenvalue weighted by Gasteiger charge is 2.56. The first-order valence-corrected chi connectivity index (χ1v) is 10.7. The highest BCUT2D eigenvalue weighted by Crippen LogP contribution is 2.57. The van der Waals surface area contributed by atoms with E-state index in [-0.39, 0.29) is 10.8 Å². The molecule has 0 bridgehead atoms. The summed E-state index contributed by atoms with van der Waals surface area (Å²) >= 11 is 0. The number of phenolic OH excluding ortho intramolecular Hbond substituents is 1. The van der Waals surface area contributed by atoms with E-state index in [0.29, 0.717) is 31.6 Å². The Kier molecular flexibility index (Phi) is 5.58. The largest absolute Gasteiger partial charge is 0.508 e. The van der Waals surface area contributed by atoms with Gasteiger partial charge in [0.2, 0.25) is 0 Å². The van der Waals surface area contributed by atoms with Crippen molar-refractivity contribution in [2.24, 2.45) is 5.41 Å². The third-order valence-electron chi connectivity index (χ3n) is 7.51. The predicted octanol–water partition coefficient (Wildman–Crippen LogP) is 4.40. The van der Waals surface area contributed by atoms with Crippen LogP contribution in [0.5, 0.6) is 11.5 Å². The van der Waals surface area contributed by atoms with E-state index in [1.165, 1.54) is 12.0 Å². The summed E-state index contributed by atoms with van der Waals surface area (Å²) in [5, 5.41) is 10.5. The Labute approximate surface area is 174 Å². The second kappa shape index (κ2) is 8.00. The standard InChI is InChI=1S/C25H33NO3/c1-24(2)21-10-7-11-22(27)20(21)18-23-25(24,3)12-13-26(23)14-15-28-16-17-29-19-8-5-4-6-9-19/h4-11,23,27H,12-18H2,1-3H3/t23-,25+/m0/s1. The zero-order valence-corrected chi connectivity index (χ0v) is 17.9. The summed E-state index contributed by atoms with van der Waals surface area (Å²) in [6.45, 7) is 11.0. The van der Waals surface area contributed by atoms with Gasteiger partial charge in [0.15, 0.2) is 0 Å². The third-order valence-corrected chi connectivity index (χ3v) is 7.51. The molecule has 1 aliphatic heterocycles. The molecule has 1 aliphatic carbocycles. The van der Waals surface area contributed by atoms with Crippen molar-refractivity contribution in [3.8, 4) is 11.5 Å². The summed E-state index contributed by atoms with van der Waals surface area (Å²) < 4.78 is 11.6.